The van der Waals surface area contributed by atoms with Crippen molar-refractivity contribution in [3.05, 3.63) is 0 Å². The minimum atomic E-state index is -4.18. The van der Waals surface area contributed by atoms with Crippen LogP contribution in [0.3, 0.4) is 0 Å². The number of halogens is 3. The summed E-state index contributed by atoms with van der Waals surface area (Å²) in [5.41, 5.74) is -1.16. The molecule has 5 heteroatoms. The van der Waals surface area contributed by atoms with Crippen molar-refractivity contribution in [2.24, 2.45) is 0 Å². The van der Waals surface area contributed by atoms with Crippen molar-refractivity contribution < 1.29 is 17.9 Å². The molecule has 0 saturated carbocycles. The summed E-state index contributed by atoms with van der Waals surface area (Å²) in [6.45, 7) is 1.61. The van der Waals surface area contributed by atoms with Crippen LogP contribution in [0.25, 0.3) is 0 Å². The van der Waals surface area contributed by atoms with Gasteiger partial charge in [0.05, 0.1) is 12.0 Å². The molecule has 1 unspecified atom stereocenters. The zero-order chi connectivity index (χ0) is 9.83. The smallest absolute Gasteiger partial charge is 0.377 e. The third kappa shape index (κ3) is 4.56. The van der Waals surface area contributed by atoms with Crippen molar-refractivity contribution in [2.75, 3.05) is 20.7 Å². The lowest BCUT2D eigenvalue weighted by molar-refractivity contribution is -0.177. The molecular formula is C7H14F3NO. The molecule has 0 aliphatic carbocycles. The molecule has 0 aromatic heterocycles. The maximum Gasteiger partial charge on any atom is 0.391 e. The van der Waals surface area contributed by atoms with Gasteiger partial charge in [-0.3, -0.25) is 0 Å². The molecule has 0 aliphatic rings. The van der Waals surface area contributed by atoms with Gasteiger partial charge in [-0.15, -0.1) is 0 Å². The number of hydrogen-bond donors (Lipinski definition) is 1. The summed E-state index contributed by atoms with van der Waals surface area (Å²) in [6, 6.07) is 0. The number of hydrogen-bond acceptors (Lipinski definition) is 2. The molecule has 12 heavy (non-hydrogen) atoms. The van der Waals surface area contributed by atoms with Gasteiger partial charge in [0, 0.05) is 13.7 Å². The fourth-order valence-corrected chi connectivity index (χ4v) is 1.00. The van der Waals surface area contributed by atoms with Gasteiger partial charge in [-0.1, -0.05) is 0 Å². The molecule has 0 amide bonds. The maximum absolute atomic E-state index is 12.0. The fraction of sp³-hybridized carbons (Fsp3) is 1.00. The van der Waals surface area contributed by atoms with Crippen molar-refractivity contribution >= 4 is 0 Å². The van der Waals surface area contributed by atoms with Gasteiger partial charge in [-0.25, -0.2) is 0 Å². The average Bonchev–Trinajstić information content (AvgIpc) is 1.84. The Morgan fingerprint density at radius 1 is 1.33 bits per heavy atom. The molecule has 0 fully saturated rings. The van der Waals surface area contributed by atoms with Gasteiger partial charge in [-0.05, 0) is 14.0 Å². The van der Waals surface area contributed by atoms with E-state index in [1.807, 2.05) is 0 Å². The van der Waals surface area contributed by atoms with Crippen LogP contribution in [0.2, 0.25) is 0 Å². The summed E-state index contributed by atoms with van der Waals surface area (Å²) in [5.74, 6) is 0. The Morgan fingerprint density at radius 2 is 1.83 bits per heavy atom. The van der Waals surface area contributed by atoms with Crippen molar-refractivity contribution in [1.82, 2.24) is 5.32 Å². The molecule has 74 valence electrons. The van der Waals surface area contributed by atoms with E-state index in [-0.39, 0.29) is 6.54 Å². The van der Waals surface area contributed by atoms with E-state index in [1.165, 1.54) is 14.0 Å². The van der Waals surface area contributed by atoms with E-state index in [4.69, 9.17) is 4.74 Å². The first kappa shape index (κ1) is 11.7. The summed E-state index contributed by atoms with van der Waals surface area (Å²) >= 11 is 0. The van der Waals surface area contributed by atoms with Gasteiger partial charge in [0.2, 0.25) is 0 Å². The first-order chi connectivity index (χ1) is 5.33. The Labute approximate surface area is 70.1 Å². The average molecular weight is 185 g/mol. The topological polar surface area (TPSA) is 21.3 Å². The quantitative estimate of drug-likeness (QED) is 0.717. The Bertz CT molecular complexity index is 137. The van der Waals surface area contributed by atoms with Crippen LogP contribution in [0.1, 0.15) is 13.3 Å². The summed E-state index contributed by atoms with van der Waals surface area (Å²) < 4.78 is 40.6. The molecule has 0 bridgehead atoms. The van der Waals surface area contributed by atoms with Crippen LogP contribution < -0.4 is 5.32 Å². The molecule has 0 aromatic carbocycles. The second-order valence-corrected chi connectivity index (χ2v) is 2.98. The Hall–Kier alpha value is -0.290. The SMILES string of the molecule is CNCC(C)(CC(F)(F)F)OC. The number of rotatable bonds is 4. The highest BCUT2D eigenvalue weighted by Crippen LogP contribution is 2.28. The van der Waals surface area contributed by atoms with Crippen LogP contribution in [0, 0.1) is 0 Å². The van der Waals surface area contributed by atoms with Crippen molar-refractivity contribution in [3.8, 4) is 0 Å². The third-order valence-corrected chi connectivity index (χ3v) is 1.62. The molecule has 0 radical (unpaired) electrons. The maximum atomic E-state index is 12.0. The van der Waals surface area contributed by atoms with Crippen LogP contribution in [0.15, 0.2) is 0 Å². The van der Waals surface area contributed by atoms with E-state index >= 15 is 0 Å². The van der Waals surface area contributed by atoms with Gasteiger partial charge in [0.1, 0.15) is 0 Å². The lowest BCUT2D eigenvalue weighted by Crippen LogP contribution is -2.42. The predicted octanol–water partition coefficient (Wildman–Crippen LogP) is 1.56. The van der Waals surface area contributed by atoms with Gasteiger partial charge >= 0.3 is 6.18 Å². The van der Waals surface area contributed by atoms with Crippen LogP contribution >= 0.6 is 0 Å². The first-order valence-corrected chi connectivity index (χ1v) is 3.59. The molecule has 0 saturated heterocycles. The zero-order valence-electron chi connectivity index (χ0n) is 7.46. The predicted molar refractivity (Wildman–Crippen MR) is 40.0 cm³/mol. The Balaban J connectivity index is 4.14. The summed E-state index contributed by atoms with van der Waals surface area (Å²) in [6.07, 6.45) is -5.11. The van der Waals surface area contributed by atoms with Crippen LogP contribution in [0.4, 0.5) is 13.2 Å². The largest absolute Gasteiger partial charge is 0.391 e. The molecule has 1 atom stereocenters. The zero-order valence-corrected chi connectivity index (χ0v) is 7.46. The Kier molecular flexibility index (Phi) is 3.99. The van der Waals surface area contributed by atoms with Crippen LogP contribution in [0.5, 0.6) is 0 Å². The first-order valence-electron chi connectivity index (χ1n) is 3.59. The van der Waals surface area contributed by atoms with E-state index in [1.54, 1.807) is 7.05 Å². The monoisotopic (exact) mass is 185 g/mol. The van der Waals surface area contributed by atoms with E-state index in [0.717, 1.165) is 0 Å². The molecular weight excluding hydrogens is 171 g/mol. The summed E-state index contributed by atoms with van der Waals surface area (Å²) in [5, 5.41) is 2.66. The number of ether oxygens (including phenoxy) is 1. The van der Waals surface area contributed by atoms with E-state index < -0.39 is 18.2 Å². The molecule has 0 rings (SSSR count). The summed E-state index contributed by atoms with van der Waals surface area (Å²) in [7, 11) is 2.87. The lowest BCUT2D eigenvalue weighted by Gasteiger charge is -2.28. The van der Waals surface area contributed by atoms with Gasteiger partial charge in [0.25, 0.3) is 0 Å². The molecule has 1 N–H and O–H groups in total. The second-order valence-electron chi connectivity index (χ2n) is 2.98. The number of methoxy groups -OCH3 is 1. The van der Waals surface area contributed by atoms with E-state index in [0.29, 0.717) is 0 Å². The number of alkyl halides is 3. The number of nitrogens with one attached hydrogen (secondary N) is 1. The Morgan fingerprint density at radius 3 is 2.08 bits per heavy atom. The highest BCUT2D eigenvalue weighted by Gasteiger charge is 2.39. The number of likely N-dealkylation sites (N-methyl/N-ethyl adjacent to an activating group) is 1. The minimum absolute atomic E-state index is 0.184. The molecule has 0 heterocycles. The molecule has 2 nitrogen and oxygen atoms in total. The molecule has 0 aliphatic heterocycles. The summed E-state index contributed by atoms with van der Waals surface area (Å²) in [4.78, 5) is 0. The van der Waals surface area contributed by atoms with Crippen molar-refractivity contribution in [2.45, 2.75) is 25.1 Å². The third-order valence-electron chi connectivity index (χ3n) is 1.62. The van der Waals surface area contributed by atoms with Crippen LogP contribution in [-0.2, 0) is 4.74 Å². The van der Waals surface area contributed by atoms with Crippen molar-refractivity contribution in [1.29, 1.82) is 0 Å². The molecule has 0 aromatic rings. The fourth-order valence-electron chi connectivity index (χ4n) is 1.00. The minimum Gasteiger partial charge on any atom is -0.377 e. The van der Waals surface area contributed by atoms with Gasteiger partial charge in [-0.2, -0.15) is 13.2 Å². The van der Waals surface area contributed by atoms with Gasteiger partial charge in [0.15, 0.2) is 0 Å². The van der Waals surface area contributed by atoms with Crippen molar-refractivity contribution in [3.63, 3.8) is 0 Å². The lowest BCUT2D eigenvalue weighted by atomic mass is 10.0. The molecule has 0 spiro atoms. The second kappa shape index (κ2) is 4.09. The highest BCUT2D eigenvalue weighted by atomic mass is 19.4. The standard InChI is InChI=1S/C7H14F3NO/c1-6(12-3,5-11-2)4-7(8,9)10/h11H,4-5H2,1-3H3. The highest BCUT2D eigenvalue weighted by molar-refractivity contribution is 4.80. The van der Waals surface area contributed by atoms with E-state index in [2.05, 4.69) is 5.32 Å². The normalized spacial score (nSPS) is 17.5. The van der Waals surface area contributed by atoms with Crippen LogP contribution in [-0.4, -0.2) is 32.5 Å². The van der Waals surface area contributed by atoms with Gasteiger partial charge < -0.3 is 10.1 Å². The van der Waals surface area contributed by atoms with E-state index in [9.17, 15) is 13.2 Å².